The average molecular weight is 462 g/mol. The van der Waals surface area contributed by atoms with E-state index >= 15 is 0 Å². The Bertz CT molecular complexity index is 1270. The first-order valence-electron chi connectivity index (χ1n) is 8.40. The van der Waals surface area contributed by atoms with E-state index in [-0.39, 0.29) is 11.0 Å². The second-order valence-corrected chi connectivity index (χ2v) is 8.26. The minimum absolute atomic E-state index is 0.117. The van der Waals surface area contributed by atoms with Crippen LogP contribution < -0.4 is 15.4 Å². The van der Waals surface area contributed by atoms with Gasteiger partial charge in [-0.15, -0.1) is 0 Å². The van der Waals surface area contributed by atoms with Gasteiger partial charge in [-0.25, -0.2) is 4.98 Å². The van der Waals surface area contributed by atoms with Crippen molar-refractivity contribution in [2.75, 3.05) is 12.4 Å². The lowest BCUT2D eigenvalue weighted by Gasteiger charge is -2.11. The van der Waals surface area contributed by atoms with Crippen molar-refractivity contribution < 1.29 is 9.53 Å². The summed E-state index contributed by atoms with van der Waals surface area (Å²) in [6.45, 7) is 0. The highest BCUT2D eigenvalue weighted by Gasteiger charge is 2.16. The summed E-state index contributed by atoms with van der Waals surface area (Å²) in [7, 11) is 1.52. The van der Waals surface area contributed by atoms with Crippen molar-refractivity contribution in [3.05, 3.63) is 64.1 Å². The molecule has 0 aliphatic carbocycles. The van der Waals surface area contributed by atoms with Crippen molar-refractivity contribution in [2.45, 2.75) is 0 Å². The smallest absolute Gasteiger partial charge is 0.261 e. The molecule has 3 aromatic carbocycles. The fourth-order valence-electron chi connectivity index (χ4n) is 2.86. The molecule has 1 heterocycles. The Balaban J connectivity index is 1.55. The van der Waals surface area contributed by atoms with Gasteiger partial charge in [0.1, 0.15) is 11.3 Å². The number of halogens is 2. The van der Waals surface area contributed by atoms with Crippen molar-refractivity contribution in [3.63, 3.8) is 0 Å². The Kier molecular flexibility index (Phi) is 5.56. The maximum Gasteiger partial charge on any atom is 0.261 e. The van der Waals surface area contributed by atoms with Crippen LogP contribution in [0, 0.1) is 0 Å². The van der Waals surface area contributed by atoms with Gasteiger partial charge in [-0.2, -0.15) is 0 Å². The number of nitrogens with one attached hydrogen (secondary N) is 2. The topological polar surface area (TPSA) is 63.2 Å². The Morgan fingerprint density at radius 2 is 1.86 bits per heavy atom. The summed E-state index contributed by atoms with van der Waals surface area (Å²) in [5.41, 5.74) is 0.964. The SMILES string of the molecule is COc1cc2ccccc2cc1C(=O)NC(=S)Nc1nc2c(Cl)c(Cl)ccc2s1. The van der Waals surface area contributed by atoms with Gasteiger partial charge in [0.2, 0.25) is 0 Å². The number of benzene rings is 3. The summed E-state index contributed by atoms with van der Waals surface area (Å²) in [5, 5.41) is 8.91. The van der Waals surface area contributed by atoms with E-state index in [2.05, 4.69) is 15.6 Å². The summed E-state index contributed by atoms with van der Waals surface area (Å²) in [6.07, 6.45) is 0. The number of amides is 1. The molecule has 0 fully saturated rings. The van der Waals surface area contributed by atoms with E-state index in [1.54, 1.807) is 12.1 Å². The Labute approximate surface area is 185 Å². The molecule has 0 radical (unpaired) electrons. The number of hydrogen-bond donors (Lipinski definition) is 2. The molecule has 4 rings (SSSR count). The van der Waals surface area contributed by atoms with E-state index in [1.807, 2.05) is 36.4 Å². The molecular formula is C20H13Cl2N3O2S2. The largest absolute Gasteiger partial charge is 0.496 e. The van der Waals surface area contributed by atoms with Gasteiger partial charge in [-0.05, 0) is 47.3 Å². The predicted molar refractivity (Wildman–Crippen MR) is 124 cm³/mol. The number of nitrogens with zero attached hydrogens (tertiary/aromatic N) is 1. The number of methoxy groups -OCH3 is 1. The van der Waals surface area contributed by atoms with Gasteiger partial charge in [0.05, 0.1) is 27.4 Å². The standard InChI is InChI=1S/C20H13Cl2N3O2S2/c1-27-14-9-11-5-3-2-4-10(11)8-12(14)18(26)24-19(28)25-20-23-17-15(29-20)7-6-13(21)16(17)22/h2-9H,1H3,(H2,23,24,25,26,28). The highest BCUT2D eigenvalue weighted by Crippen LogP contribution is 2.35. The molecule has 9 heteroatoms. The van der Waals surface area contributed by atoms with E-state index in [0.29, 0.717) is 32.0 Å². The molecule has 0 aliphatic heterocycles. The van der Waals surface area contributed by atoms with E-state index in [4.69, 9.17) is 40.2 Å². The van der Waals surface area contributed by atoms with E-state index in [1.165, 1.54) is 18.4 Å². The summed E-state index contributed by atoms with van der Waals surface area (Å²) < 4.78 is 6.23. The quantitative estimate of drug-likeness (QED) is 0.372. The molecule has 4 aromatic rings. The van der Waals surface area contributed by atoms with Crippen molar-refractivity contribution in [1.29, 1.82) is 0 Å². The van der Waals surface area contributed by atoms with Crippen LogP contribution >= 0.6 is 46.8 Å². The molecule has 146 valence electrons. The van der Waals surface area contributed by atoms with Crippen LogP contribution in [0.3, 0.4) is 0 Å². The highest BCUT2D eigenvalue weighted by molar-refractivity contribution is 7.80. The molecule has 5 nitrogen and oxygen atoms in total. The number of rotatable bonds is 3. The van der Waals surface area contributed by atoms with E-state index in [0.717, 1.165) is 15.5 Å². The zero-order valence-corrected chi connectivity index (χ0v) is 18.1. The van der Waals surface area contributed by atoms with Gasteiger partial charge in [0.25, 0.3) is 5.91 Å². The first-order valence-corrected chi connectivity index (χ1v) is 10.4. The second kappa shape index (κ2) is 8.12. The van der Waals surface area contributed by atoms with Crippen LogP contribution in [0.1, 0.15) is 10.4 Å². The highest BCUT2D eigenvalue weighted by atomic mass is 35.5. The van der Waals surface area contributed by atoms with Crippen LogP contribution in [-0.2, 0) is 0 Å². The lowest BCUT2D eigenvalue weighted by molar-refractivity contribution is 0.0975. The molecule has 0 atom stereocenters. The maximum atomic E-state index is 12.8. The third-order valence-electron chi connectivity index (χ3n) is 4.21. The summed E-state index contributed by atoms with van der Waals surface area (Å²) >= 11 is 18.8. The van der Waals surface area contributed by atoms with Crippen LogP contribution in [-0.4, -0.2) is 23.1 Å². The van der Waals surface area contributed by atoms with Crippen LogP contribution in [0.5, 0.6) is 5.75 Å². The second-order valence-electron chi connectivity index (χ2n) is 6.04. The van der Waals surface area contributed by atoms with Gasteiger partial charge in [-0.3, -0.25) is 10.1 Å². The lowest BCUT2D eigenvalue weighted by atomic mass is 10.1. The van der Waals surface area contributed by atoms with E-state index in [9.17, 15) is 4.79 Å². The van der Waals surface area contributed by atoms with Gasteiger partial charge >= 0.3 is 0 Å². The van der Waals surface area contributed by atoms with Crippen LogP contribution in [0.15, 0.2) is 48.5 Å². The number of thiazole rings is 1. The number of carbonyl (C=O) groups excluding carboxylic acids is 1. The summed E-state index contributed by atoms with van der Waals surface area (Å²) in [4.78, 5) is 17.2. The average Bonchev–Trinajstić information content (AvgIpc) is 3.12. The number of hydrogen-bond acceptors (Lipinski definition) is 5. The van der Waals surface area contributed by atoms with Gasteiger partial charge in [-0.1, -0.05) is 58.8 Å². The molecule has 2 N–H and O–H groups in total. The lowest BCUT2D eigenvalue weighted by Crippen LogP contribution is -2.34. The summed E-state index contributed by atoms with van der Waals surface area (Å²) in [5.74, 6) is 0.0812. The molecule has 0 saturated carbocycles. The molecule has 29 heavy (non-hydrogen) atoms. The fraction of sp³-hybridized carbons (Fsp3) is 0.0500. The predicted octanol–water partition coefficient (Wildman–Crippen LogP) is 5.89. The normalized spacial score (nSPS) is 10.9. The molecular weight excluding hydrogens is 449 g/mol. The van der Waals surface area contributed by atoms with Crippen molar-refractivity contribution in [2.24, 2.45) is 0 Å². The number of aromatic nitrogens is 1. The van der Waals surface area contributed by atoms with Crippen LogP contribution in [0.2, 0.25) is 10.0 Å². The molecule has 0 unspecified atom stereocenters. The fourth-order valence-corrected chi connectivity index (χ4v) is 4.40. The Morgan fingerprint density at radius 3 is 2.59 bits per heavy atom. The molecule has 0 bridgehead atoms. The molecule has 0 aliphatic rings. The minimum atomic E-state index is -0.382. The summed E-state index contributed by atoms with van der Waals surface area (Å²) in [6, 6.07) is 14.8. The first-order chi connectivity index (χ1) is 14.0. The molecule has 1 aromatic heterocycles. The zero-order chi connectivity index (χ0) is 20.5. The van der Waals surface area contributed by atoms with Gasteiger partial charge in [0, 0.05) is 0 Å². The number of thiocarbonyl (C=S) groups is 1. The van der Waals surface area contributed by atoms with Crippen molar-refractivity contribution in [1.82, 2.24) is 10.3 Å². The van der Waals surface area contributed by atoms with Crippen molar-refractivity contribution >= 4 is 83.9 Å². The third kappa shape index (κ3) is 4.00. The van der Waals surface area contributed by atoms with Crippen LogP contribution in [0.4, 0.5) is 5.13 Å². The maximum absolute atomic E-state index is 12.8. The minimum Gasteiger partial charge on any atom is -0.496 e. The third-order valence-corrected chi connectivity index (χ3v) is 6.15. The van der Waals surface area contributed by atoms with E-state index < -0.39 is 0 Å². The number of anilines is 1. The van der Waals surface area contributed by atoms with Crippen LogP contribution in [0.25, 0.3) is 21.0 Å². The van der Waals surface area contributed by atoms with Gasteiger partial charge < -0.3 is 10.1 Å². The first kappa shape index (κ1) is 19.8. The Hall–Kier alpha value is -2.45. The molecule has 0 spiro atoms. The van der Waals surface area contributed by atoms with Crippen molar-refractivity contribution in [3.8, 4) is 5.75 Å². The monoisotopic (exact) mass is 461 g/mol. The number of carbonyl (C=O) groups is 1. The van der Waals surface area contributed by atoms with Gasteiger partial charge in [0.15, 0.2) is 10.2 Å². The zero-order valence-electron chi connectivity index (χ0n) is 15.0. The number of fused-ring (bicyclic) bond motifs is 2. The molecule has 0 saturated heterocycles. The molecule has 1 amide bonds. The number of ether oxygens (including phenoxy) is 1. The Morgan fingerprint density at radius 1 is 1.14 bits per heavy atom.